The molecule has 1 aromatic rings. The molecule has 5 heteroatoms. The van der Waals surface area contributed by atoms with Crippen molar-refractivity contribution < 1.29 is 14.6 Å². The number of aliphatic hydroxyl groups is 1. The molecule has 1 heterocycles. The Bertz CT molecular complexity index is 369. The Labute approximate surface area is 110 Å². The van der Waals surface area contributed by atoms with E-state index in [4.69, 9.17) is 9.47 Å². The van der Waals surface area contributed by atoms with Crippen LogP contribution in [0.2, 0.25) is 0 Å². The molecule has 0 radical (unpaired) electrons. The number of pyridine rings is 1. The van der Waals surface area contributed by atoms with Crippen LogP contribution in [0.15, 0.2) is 16.7 Å². The largest absolute Gasteiger partial charge is 0.477 e. The molecule has 0 unspecified atom stereocenters. The van der Waals surface area contributed by atoms with Crippen LogP contribution in [0.4, 0.5) is 0 Å². The van der Waals surface area contributed by atoms with Crippen molar-refractivity contribution in [2.24, 2.45) is 0 Å². The summed E-state index contributed by atoms with van der Waals surface area (Å²) >= 11 is 3.30. The highest BCUT2D eigenvalue weighted by Gasteiger charge is 2.16. The molecule has 0 aliphatic heterocycles. The van der Waals surface area contributed by atoms with Gasteiger partial charge >= 0.3 is 0 Å². The number of methoxy groups -OCH3 is 1. The van der Waals surface area contributed by atoms with Gasteiger partial charge in [-0.05, 0) is 35.8 Å². The van der Waals surface area contributed by atoms with Crippen LogP contribution < -0.4 is 4.74 Å². The Morgan fingerprint density at radius 2 is 2.18 bits per heavy atom. The van der Waals surface area contributed by atoms with Crippen LogP contribution in [0, 0.1) is 0 Å². The predicted molar refractivity (Wildman–Crippen MR) is 69.1 cm³/mol. The van der Waals surface area contributed by atoms with Crippen molar-refractivity contribution in [1.82, 2.24) is 4.98 Å². The number of hydrogen-bond acceptors (Lipinski definition) is 4. The Morgan fingerprint density at radius 1 is 1.47 bits per heavy atom. The van der Waals surface area contributed by atoms with E-state index in [2.05, 4.69) is 20.9 Å². The third-order valence-corrected chi connectivity index (χ3v) is 2.99. The van der Waals surface area contributed by atoms with E-state index in [1.165, 1.54) is 0 Å². The zero-order chi connectivity index (χ0) is 12.9. The summed E-state index contributed by atoms with van der Waals surface area (Å²) in [5, 5.41) is 9.18. The molecule has 0 spiro atoms. The van der Waals surface area contributed by atoms with E-state index in [0.717, 1.165) is 10.9 Å². The van der Waals surface area contributed by atoms with E-state index in [9.17, 15) is 5.11 Å². The standard InChI is InChI=1S/C12H18BrNO3/c1-12(2,16-3)4-5-17-11-9(8-15)6-10(13)7-14-11/h6-7,15H,4-5,8H2,1-3H3. The molecule has 4 nitrogen and oxygen atoms in total. The van der Waals surface area contributed by atoms with Gasteiger partial charge in [-0.2, -0.15) is 0 Å². The van der Waals surface area contributed by atoms with E-state index in [0.29, 0.717) is 18.1 Å². The summed E-state index contributed by atoms with van der Waals surface area (Å²) in [4.78, 5) is 4.12. The first-order chi connectivity index (χ1) is 7.98. The van der Waals surface area contributed by atoms with E-state index in [-0.39, 0.29) is 12.2 Å². The summed E-state index contributed by atoms with van der Waals surface area (Å²) in [6.45, 7) is 4.41. The molecular weight excluding hydrogens is 286 g/mol. The molecule has 0 saturated heterocycles. The first kappa shape index (κ1) is 14.4. The topological polar surface area (TPSA) is 51.6 Å². The number of ether oxygens (including phenoxy) is 2. The summed E-state index contributed by atoms with van der Waals surface area (Å²) in [6.07, 6.45) is 2.40. The first-order valence-electron chi connectivity index (χ1n) is 5.42. The summed E-state index contributed by atoms with van der Waals surface area (Å²) in [5.74, 6) is 0.475. The lowest BCUT2D eigenvalue weighted by atomic mass is 10.1. The quantitative estimate of drug-likeness (QED) is 0.877. The lowest BCUT2D eigenvalue weighted by molar-refractivity contribution is 0.00491. The average Bonchev–Trinajstić information content (AvgIpc) is 2.30. The zero-order valence-corrected chi connectivity index (χ0v) is 12.0. The van der Waals surface area contributed by atoms with Crippen LogP contribution in [-0.4, -0.2) is 29.4 Å². The third kappa shape index (κ3) is 4.61. The molecule has 0 saturated carbocycles. The van der Waals surface area contributed by atoms with Gasteiger partial charge in [-0.15, -0.1) is 0 Å². The van der Waals surface area contributed by atoms with Crippen molar-refractivity contribution in [3.05, 3.63) is 22.3 Å². The van der Waals surface area contributed by atoms with Crippen molar-refractivity contribution in [3.8, 4) is 5.88 Å². The molecule has 0 atom stereocenters. The highest BCUT2D eigenvalue weighted by atomic mass is 79.9. The minimum absolute atomic E-state index is 0.0879. The van der Waals surface area contributed by atoms with Gasteiger partial charge in [-0.1, -0.05) is 0 Å². The fourth-order valence-corrected chi connectivity index (χ4v) is 1.59. The maximum absolute atomic E-state index is 9.18. The Balaban J connectivity index is 2.57. The van der Waals surface area contributed by atoms with Gasteiger partial charge in [0.2, 0.25) is 5.88 Å². The van der Waals surface area contributed by atoms with Crippen LogP contribution in [0.5, 0.6) is 5.88 Å². The van der Waals surface area contributed by atoms with Crippen molar-refractivity contribution in [1.29, 1.82) is 0 Å². The number of aromatic nitrogens is 1. The van der Waals surface area contributed by atoms with Crippen LogP contribution in [-0.2, 0) is 11.3 Å². The molecule has 0 aliphatic carbocycles. The Kier molecular flexibility index (Phi) is 5.36. The summed E-state index contributed by atoms with van der Waals surface area (Å²) in [6, 6.07) is 1.80. The molecule has 0 aliphatic rings. The molecule has 1 N–H and O–H groups in total. The van der Waals surface area contributed by atoms with Crippen LogP contribution >= 0.6 is 15.9 Å². The van der Waals surface area contributed by atoms with Crippen molar-refractivity contribution in [2.75, 3.05) is 13.7 Å². The molecule has 96 valence electrons. The lowest BCUT2D eigenvalue weighted by Crippen LogP contribution is -2.25. The van der Waals surface area contributed by atoms with Crippen LogP contribution in [0.25, 0.3) is 0 Å². The number of halogens is 1. The minimum Gasteiger partial charge on any atom is -0.477 e. The Hall–Kier alpha value is -0.650. The second kappa shape index (κ2) is 6.33. The Morgan fingerprint density at radius 3 is 2.76 bits per heavy atom. The zero-order valence-electron chi connectivity index (χ0n) is 10.4. The van der Waals surface area contributed by atoms with Crippen LogP contribution in [0.3, 0.4) is 0 Å². The van der Waals surface area contributed by atoms with Gasteiger partial charge < -0.3 is 14.6 Å². The number of nitrogens with zero attached hydrogens (tertiary/aromatic N) is 1. The monoisotopic (exact) mass is 303 g/mol. The molecule has 17 heavy (non-hydrogen) atoms. The number of hydrogen-bond donors (Lipinski definition) is 1. The van der Waals surface area contributed by atoms with E-state index in [1.54, 1.807) is 19.4 Å². The smallest absolute Gasteiger partial charge is 0.218 e. The molecular formula is C12H18BrNO3. The van der Waals surface area contributed by atoms with Gasteiger partial charge in [0.15, 0.2) is 0 Å². The van der Waals surface area contributed by atoms with E-state index in [1.807, 2.05) is 13.8 Å². The normalized spacial score (nSPS) is 11.6. The van der Waals surface area contributed by atoms with Crippen molar-refractivity contribution in [2.45, 2.75) is 32.5 Å². The van der Waals surface area contributed by atoms with Gasteiger partial charge in [0.05, 0.1) is 18.8 Å². The predicted octanol–water partition coefficient (Wildman–Crippen LogP) is 2.53. The van der Waals surface area contributed by atoms with Gasteiger partial charge in [0, 0.05) is 29.8 Å². The summed E-state index contributed by atoms with van der Waals surface area (Å²) < 4.78 is 11.7. The highest BCUT2D eigenvalue weighted by Crippen LogP contribution is 2.21. The maximum atomic E-state index is 9.18. The molecule has 1 aromatic heterocycles. The van der Waals surface area contributed by atoms with Gasteiger partial charge in [-0.25, -0.2) is 4.98 Å². The van der Waals surface area contributed by atoms with Crippen molar-refractivity contribution in [3.63, 3.8) is 0 Å². The molecule has 1 rings (SSSR count). The lowest BCUT2D eigenvalue weighted by Gasteiger charge is -2.22. The number of aliphatic hydroxyl groups excluding tert-OH is 1. The SMILES string of the molecule is COC(C)(C)CCOc1ncc(Br)cc1CO. The summed E-state index contributed by atoms with van der Waals surface area (Å²) in [7, 11) is 1.68. The fourth-order valence-electron chi connectivity index (χ4n) is 1.21. The molecule has 0 amide bonds. The minimum atomic E-state index is -0.214. The van der Waals surface area contributed by atoms with E-state index < -0.39 is 0 Å². The van der Waals surface area contributed by atoms with Crippen LogP contribution in [0.1, 0.15) is 25.8 Å². The first-order valence-corrected chi connectivity index (χ1v) is 6.21. The van der Waals surface area contributed by atoms with Gasteiger partial charge in [-0.3, -0.25) is 0 Å². The van der Waals surface area contributed by atoms with Gasteiger partial charge in [0.1, 0.15) is 0 Å². The second-order valence-corrected chi connectivity index (χ2v) is 5.25. The molecule has 0 aromatic carbocycles. The molecule has 0 fully saturated rings. The average molecular weight is 304 g/mol. The second-order valence-electron chi connectivity index (χ2n) is 4.34. The maximum Gasteiger partial charge on any atom is 0.218 e. The van der Waals surface area contributed by atoms with Crippen molar-refractivity contribution >= 4 is 15.9 Å². The van der Waals surface area contributed by atoms with E-state index >= 15 is 0 Å². The highest BCUT2D eigenvalue weighted by molar-refractivity contribution is 9.10. The number of rotatable bonds is 6. The summed E-state index contributed by atoms with van der Waals surface area (Å²) in [5.41, 5.74) is 0.462. The van der Waals surface area contributed by atoms with Gasteiger partial charge in [0.25, 0.3) is 0 Å². The fraction of sp³-hybridized carbons (Fsp3) is 0.583. The third-order valence-electron chi connectivity index (χ3n) is 2.56. The molecule has 0 bridgehead atoms.